The molecule has 1 saturated heterocycles. The Labute approximate surface area is 108 Å². The van der Waals surface area contributed by atoms with Crippen LogP contribution in [0.1, 0.15) is 36.9 Å². The molecule has 0 bridgehead atoms. The molecule has 2 aliphatic rings. The molecule has 1 aromatic heterocycles. The van der Waals surface area contributed by atoms with Gasteiger partial charge in [0, 0.05) is 12.1 Å². The summed E-state index contributed by atoms with van der Waals surface area (Å²) in [4.78, 5) is 14.4. The van der Waals surface area contributed by atoms with Gasteiger partial charge in [-0.3, -0.25) is 4.79 Å². The summed E-state index contributed by atoms with van der Waals surface area (Å²) in [5.74, 6) is 0. The highest BCUT2D eigenvalue weighted by Crippen LogP contribution is 2.18. The SMILES string of the molecule is CN1CCCC1Cn1nc2c(cc1=O)CCCC2. The summed E-state index contributed by atoms with van der Waals surface area (Å²) in [5.41, 5.74) is 2.42. The zero-order chi connectivity index (χ0) is 12.5. The minimum Gasteiger partial charge on any atom is -0.302 e. The van der Waals surface area contributed by atoms with Crippen molar-refractivity contribution in [2.75, 3.05) is 13.6 Å². The second kappa shape index (κ2) is 4.84. The van der Waals surface area contributed by atoms with Gasteiger partial charge in [-0.25, -0.2) is 4.68 Å². The molecule has 18 heavy (non-hydrogen) atoms. The molecule has 4 nitrogen and oxygen atoms in total. The maximum Gasteiger partial charge on any atom is 0.267 e. The van der Waals surface area contributed by atoms with Gasteiger partial charge in [-0.15, -0.1) is 0 Å². The zero-order valence-electron chi connectivity index (χ0n) is 11.1. The minimum atomic E-state index is 0.0796. The third kappa shape index (κ3) is 2.21. The molecular weight excluding hydrogens is 226 g/mol. The molecule has 0 saturated carbocycles. The van der Waals surface area contributed by atoms with Gasteiger partial charge in [0.05, 0.1) is 12.2 Å². The van der Waals surface area contributed by atoms with Crippen molar-refractivity contribution in [1.29, 1.82) is 0 Å². The van der Waals surface area contributed by atoms with Crippen LogP contribution < -0.4 is 5.56 Å². The first-order chi connectivity index (χ1) is 8.74. The van der Waals surface area contributed by atoms with E-state index in [0.717, 1.165) is 31.6 Å². The topological polar surface area (TPSA) is 38.1 Å². The second-order valence-electron chi connectivity index (χ2n) is 5.62. The van der Waals surface area contributed by atoms with E-state index >= 15 is 0 Å². The number of rotatable bonds is 2. The predicted molar refractivity (Wildman–Crippen MR) is 70.8 cm³/mol. The summed E-state index contributed by atoms with van der Waals surface area (Å²) in [5, 5.41) is 4.59. The second-order valence-corrected chi connectivity index (χ2v) is 5.62. The number of aromatic nitrogens is 2. The summed E-state index contributed by atoms with van der Waals surface area (Å²) in [6, 6.07) is 2.30. The molecule has 98 valence electrons. The van der Waals surface area contributed by atoms with Crippen molar-refractivity contribution >= 4 is 0 Å². The molecule has 4 heteroatoms. The Bertz CT molecular complexity index is 494. The largest absolute Gasteiger partial charge is 0.302 e. The van der Waals surface area contributed by atoms with Crippen LogP contribution in [0.3, 0.4) is 0 Å². The van der Waals surface area contributed by atoms with Gasteiger partial charge >= 0.3 is 0 Å². The maximum absolute atomic E-state index is 12.1. The van der Waals surface area contributed by atoms with Crippen LogP contribution >= 0.6 is 0 Å². The quantitative estimate of drug-likeness (QED) is 0.788. The first-order valence-corrected chi connectivity index (χ1v) is 7.04. The molecule has 1 aliphatic heterocycles. The van der Waals surface area contributed by atoms with Crippen LogP contribution in [0.5, 0.6) is 0 Å². The lowest BCUT2D eigenvalue weighted by Crippen LogP contribution is -2.35. The smallest absolute Gasteiger partial charge is 0.267 e. The Morgan fingerprint density at radius 1 is 1.33 bits per heavy atom. The number of hydrogen-bond donors (Lipinski definition) is 0. The third-order valence-electron chi connectivity index (χ3n) is 4.33. The standard InChI is InChI=1S/C14H21N3O/c1-16-8-4-6-12(16)10-17-14(18)9-11-5-2-3-7-13(11)15-17/h9,12H,2-8,10H2,1H3. The molecule has 1 aliphatic carbocycles. The molecule has 0 amide bonds. The Hall–Kier alpha value is -1.16. The molecule has 0 N–H and O–H groups in total. The average molecular weight is 247 g/mol. The number of nitrogens with zero attached hydrogens (tertiary/aromatic N) is 3. The predicted octanol–water partition coefficient (Wildman–Crippen LogP) is 1.22. The first-order valence-electron chi connectivity index (χ1n) is 7.04. The third-order valence-corrected chi connectivity index (χ3v) is 4.33. The summed E-state index contributed by atoms with van der Waals surface area (Å²) in [7, 11) is 2.14. The van der Waals surface area contributed by atoms with Crippen molar-refractivity contribution in [1.82, 2.24) is 14.7 Å². The zero-order valence-corrected chi connectivity index (χ0v) is 11.1. The first kappa shape index (κ1) is 11.9. The lowest BCUT2D eigenvalue weighted by molar-refractivity contribution is 0.269. The molecule has 2 heterocycles. The molecule has 1 unspecified atom stereocenters. The minimum absolute atomic E-state index is 0.0796. The van der Waals surface area contributed by atoms with Crippen molar-refractivity contribution < 1.29 is 0 Å². The fourth-order valence-electron chi connectivity index (χ4n) is 3.14. The molecule has 3 rings (SSSR count). The van der Waals surface area contributed by atoms with E-state index in [1.165, 1.54) is 31.2 Å². The molecule has 1 fully saturated rings. The number of hydrogen-bond acceptors (Lipinski definition) is 3. The van der Waals surface area contributed by atoms with E-state index < -0.39 is 0 Å². The van der Waals surface area contributed by atoms with E-state index in [1.807, 2.05) is 6.07 Å². The summed E-state index contributed by atoms with van der Waals surface area (Å²) in [6.45, 7) is 1.90. The van der Waals surface area contributed by atoms with Gasteiger partial charge in [0.15, 0.2) is 0 Å². The molecular formula is C14H21N3O. The van der Waals surface area contributed by atoms with E-state index in [2.05, 4.69) is 17.0 Å². The number of fused-ring (bicyclic) bond motifs is 1. The Kier molecular flexibility index (Phi) is 3.20. The van der Waals surface area contributed by atoms with Crippen molar-refractivity contribution in [2.24, 2.45) is 0 Å². The van der Waals surface area contributed by atoms with Crippen LogP contribution in [0.15, 0.2) is 10.9 Å². The molecule has 1 atom stereocenters. The van der Waals surface area contributed by atoms with Crippen LogP contribution in [0.25, 0.3) is 0 Å². The summed E-state index contributed by atoms with van der Waals surface area (Å²) in [6.07, 6.45) is 6.89. The highest BCUT2D eigenvalue weighted by molar-refractivity contribution is 5.20. The monoisotopic (exact) mass is 247 g/mol. The summed E-state index contributed by atoms with van der Waals surface area (Å²) < 4.78 is 1.69. The van der Waals surface area contributed by atoms with Crippen LogP contribution in [0, 0.1) is 0 Å². The Balaban J connectivity index is 1.85. The van der Waals surface area contributed by atoms with Crippen LogP contribution in [0.4, 0.5) is 0 Å². The van der Waals surface area contributed by atoms with Gasteiger partial charge in [0.25, 0.3) is 5.56 Å². The molecule has 0 spiro atoms. The van der Waals surface area contributed by atoms with E-state index in [4.69, 9.17) is 0 Å². The number of likely N-dealkylation sites (N-methyl/N-ethyl adjacent to an activating group) is 1. The van der Waals surface area contributed by atoms with Crippen LogP contribution in [0.2, 0.25) is 0 Å². The van der Waals surface area contributed by atoms with Crippen molar-refractivity contribution in [3.8, 4) is 0 Å². The van der Waals surface area contributed by atoms with E-state index in [-0.39, 0.29) is 5.56 Å². The molecule has 0 aromatic carbocycles. The van der Waals surface area contributed by atoms with Crippen molar-refractivity contribution in [3.63, 3.8) is 0 Å². The highest BCUT2D eigenvalue weighted by atomic mass is 16.1. The fourth-order valence-corrected chi connectivity index (χ4v) is 3.14. The van der Waals surface area contributed by atoms with Crippen molar-refractivity contribution in [2.45, 2.75) is 51.1 Å². The van der Waals surface area contributed by atoms with Gasteiger partial charge < -0.3 is 4.90 Å². The van der Waals surface area contributed by atoms with Gasteiger partial charge in [-0.2, -0.15) is 5.10 Å². The Morgan fingerprint density at radius 3 is 2.94 bits per heavy atom. The lowest BCUT2D eigenvalue weighted by Gasteiger charge is -2.21. The lowest BCUT2D eigenvalue weighted by atomic mass is 9.97. The summed E-state index contributed by atoms with van der Waals surface area (Å²) >= 11 is 0. The fraction of sp³-hybridized carbons (Fsp3) is 0.714. The van der Waals surface area contributed by atoms with Gasteiger partial charge in [0.2, 0.25) is 0 Å². The van der Waals surface area contributed by atoms with Crippen LogP contribution in [-0.4, -0.2) is 34.3 Å². The van der Waals surface area contributed by atoms with Crippen molar-refractivity contribution in [3.05, 3.63) is 27.7 Å². The van der Waals surface area contributed by atoms with Gasteiger partial charge in [-0.05, 0) is 57.7 Å². The number of aryl methyl sites for hydroxylation is 2. The van der Waals surface area contributed by atoms with Gasteiger partial charge in [0.1, 0.15) is 0 Å². The molecule has 1 aromatic rings. The highest BCUT2D eigenvalue weighted by Gasteiger charge is 2.22. The normalized spacial score (nSPS) is 24.2. The van der Waals surface area contributed by atoms with E-state index in [9.17, 15) is 4.79 Å². The average Bonchev–Trinajstić information content (AvgIpc) is 2.76. The van der Waals surface area contributed by atoms with E-state index in [0.29, 0.717) is 6.04 Å². The molecule has 0 radical (unpaired) electrons. The van der Waals surface area contributed by atoms with E-state index in [1.54, 1.807) is 4.68 Å². The van der Waals surface area contributed by atoms with Gasteiger partial charge in [-0.1, -0.05) is 0 Å². The number of likely N-dealkylation sites (tertiary alicyclic amines) is 1. The Morgan fingerprint density at radius 2 is 2.17 bits per heavy atom. The maximum atomic E-state index is 12.1. The van der Waals surface area contributed by atoms with Crippen LogP contribution in [-0.2, 0) is 19.4 Å².